The average molecular weight is 184 g/mol. The number of rotatable bonds is 6. The Labute approximate surface area is 80.1 Å². The summed E-state index contributed by atoms with van der Waals surface area (Å²) in [5.41, 5.74) is 5.87. The number of nitrogens with two attached hydrogens (primary N) is 1. The van der Waals surface area contributed by atoms with Gasteiger partial charge in [-0.25, -0.2) is 0 Å². The van der Waals surface area contributed by atoms with Crippen molar-refractivity contribution in [2.75, 3.05) is 13.1 Å². The molecule has 3 heteroatoms. The van der Waals surface area contributed by atoms with Gasteiger partial charge in [0.05, 0.1) is 0 Å². The molecule has 0 atom stereocenters. The van der Waals surface area contributed by atoms with Crippen LogP contribution in [0.4, 0.5) is 0 Å². The van der Waals surface area contributed by atoms with Crippen LogP contribution in [0.15, 0.2) is 0 Å². The highest BCUT2D eigenvalue weighted by Crippen LogP contribution is 2.43. The number of amides is 1. The molecule has 0 aliphatic heterocycles. The van der Waals surface area contributed by atoms with E-state index >= 15 is 0 Å². The first-order valence-electron chi connectivity index (χ1n) is 5.19. The van der Waals surface area contributed by atoms with Crippen molar-refractivity contribution in [3.8, 4) is 0 Å². The molecule has 1 aliphatic rings. The van der Waals surface area contributed by atoms with E-state index in [1.165, 1.54) is 12.8 Å². The number of hydrogen-bond donors (Lipinski definition) is 2. The monoisotopic (exact) mass is 184 g/mol. The third-order valence-corrected chi connectivity index (χ3v) is 2.81. The van der Waals surface area contributed by atoms with Crippen molar-refractivity contribution < 1.29 is 4.79 Å². The second-order valence-corrected chi connectivity index (χ2v) is 4.08. The maximum Gasteiger partial charge on any atom is 0.220 e. The first-order valence-corrected chi connectivity index (χ1v) is 5.19. The van der Waals surface area contributed by atoms with Crippen molar-refractivity contribution in [3.05, 3.63) is 0 Å². The van der Waals surface area contributed by atoms with E-state index in [4.69, 9.17) is 5.73 Å². The van der Waals surface area contributed by atoms with Gasteiger partial charge in [0.2, 0.25) is 5.91 Å². The minimum atomic E-state index is 0.182. The molecule has 1 aliphatic carbocycles. The van der Waals surface area contributed by atoms with Crippen molar-refractivity contribution in [2.45, 2.75) is 39.0 Å². The minimum absolute atomic E-state index is 0.182. The molecule has 0 aromatic heterocycles. The summed E-state index contributed by atoms with van der Waals surface area (Å²) in [5.74, 6) is 0.182. The summed E-state index contributed by atoms with van der Waals surface area (Å²) >= 11 is 0. The zero-order chi connectivity index (χ0) is 9.73. The quantitative estimate of drug-likeness (QED) is 0.648. The lowest BCUT2D eigenvalue weighted by molar-refractivity contribution is -0.121. The van der Waals surface area contributed by atoms with Crippen LogP contribution >= 0.6 is 0 Å². The summed E-state index contributed by atoms with van der Waals surface area (Å²) < 4.78 is 0. The maximum absolute atomic E-state index is 11.2. The van der Waals surface area contributed by atoms with Gasteiger partial charge in [0.15, 0.2) is 0 Å². The molecule has 1 rings (SSSR count). The molecule has 1 saturated carbocycles. The average Bonchev–Trinajstić information content (AvgIpc) is 2.92. The minimum Gasteiger partial charge on any atom is -0.355 e. The van der Waals surface area contributed by atoms with Gasteiger partial charge in [-0.3, -0.25) is 4.79 Å². The van der Waals surface area contributed by atoms with Gasteiger partial charge >= 0.3 is 0 Å². The standard InChI is InChI=1S/C10H20N2O/c1-2-3-4-9(13)12-8-10(7-11)5-6-10/h2-8,11H2,1H3,(H,12,13). The SMILES string of the molecule is CCCCC(=O)NCC1(CN)CC1. The van der Waals surface area contributed by atoms with Crippen LogP contribution in [0.2, 0.25) is 0 Å². The Morgan fingerprint density at radius 3 is 2.69 bits per heavy atom. The molecule has 0 aromatic rings. The molecule has 0 unspecified atom stereocenters. The molecule has 76 valence electrons. The van der Waals surface area contributed by atoms with Gasteiger partial charge in [-0.1, -0.05) is 13.3 Å². The van der Waals surface area contributed by atoms with Crippen LogP contribution in [0.25, 0.3) is 0 Å². The van der Waals surface area contributed by atoms with E-state index in [-0.39, 0.29) is 11.3 Å². The summed E-state index contributed by atoms with van der Waals surface area (Å²) in [6.45, 7) is 3.59. The molecule has 1 amide bonds. The molecule has 3 N–H and O–H groups in total. The van der Waals surface area contributed by atoms with E-state index < -0.39 is 0 Å². The van der Waals surface area contributed by atoms with Crippen LogP contribution in [0.3, 0.4) is 0 Å². The second-order valence-electron chi connectivity index (χ2n) is 4.08. The Morgan fingerprint density at radius 2 is 2.23 bits per heavy atom. The molecule has 13 heavy (non-hydrogen) atoms. The molecule has 0 bridgehead atoms. The first kappa shape index (κ1) is 10.5. The number of hydrogen-bond acceptors (Lipinski definition) is 2. The van der Waals surface area contributed by atoms with Crippen molar-refractivity contribution >= 4 is 5.91 Å². The number of nitrogens with one attached hydrogen (secondary N) is 1. The van der Waals surface area contributed by atoms with Gasteiger partial charge in [-0.05, 0) is 31.2 Å². The molecule has 0 heterocycles. The predicted molar refractivity (Wildman–Crippen MR) is 53.3 cm³/mol. The van der Waals surface area contributed by atoms with E-state index in [1.807, 2.05) is 0 Å². The number of carbonyl (C=O) groups is 1. The largest absolute Gasteiger partial charge is 0.355 e. The van der Waals surface area contributed by atoms with Crippen LogP contribution in [-0.4, -0.2) is 19.0 Å². The van der Waals surface area contributed by atoms with E-state index in [1.54, 1.807) is 0 Å². The maximum atomic E-state index is 11.2. The highest BCUT2D eigenvalue weighted by molar-refractivity contribution is 5.75. The Hall–Kier alpha value is -0.570. The van der Waals surface area contributed by atoms with E-state index in [0.29, 0.717) is 13.0 Å². The number of carbonyl (C=O) groups excluding carboxylic acids is 1. The highest BCUT2D eigenvalue weighted by Gasteiger charge is 2.41. The first-order chi connectivity index (χ1) is 6.22. The zero-order valence-electron chi connectivity index (χ0n) is 8.44. The van der Waals surface area contributed by atoms with Crippen LogP contribution in [-0.2, 0) is 4.79 Å². The lowest BCUT2D eigenvalue weighted by atomic mass is 10.1. The fourth-order valence-electron chi connectivity index (χ4n) is 1.34. The third-order valence-electron chi connectivity index (χ3n) is 2.81. The fourth-order valence-corrected chi connectivity index (χ4v) is 1.34. The summed E-state index contributed by atoms with van der Waals surface area (Å²) in [5, 5.41) is 2.95. The van der Waals surface area contributed by atoms with Crippen LogP contribution < -0.4 is 11.1 Å². The molecule has 0 radical (unpaired) electrons. The van der Waals surface area contributed by atoms with E-state index in [0.717, 1.165) is 19.4 Å². The summed E-state index contributed by atoms with van der Waals surface area (Å²) in [4.78, 5) is 11.2. The lowest BCUT2D eigenvalue weighted by Gasteiger charge is -2.12. The Kier molecular flexibility index (Phi) is 3.72. The van der Waals surface area contributed by atoms with Crippen molar-refractivity contribution in [2.24, 2.45) is 11.1 Å². The third kappa shape index (κ3) is 3.35. The van der Waals surface area contributed by atoms with Gasteiger partial charge in [0, 0.05) is 13.0 Å². The van der Waals surface area contributed by atoms with Crippen LogP contribution in [0.1, 0.15) is 39.0 Å². The summed E-state index contributed by atoms with van der Waals surface area (Å²) in [7, 11) is 0. The molecule has 0 spiro atoms. The Bertz CT molecular complexity index is 176. The van der Waals surface area contributed by atoms with Gasteiger partial charge < -0.3 is 11.1 Å². The van der Waals surface area contributed by atoms with Gasteiger partial charge in [-0.15, -0.1) is 0 Å². The van der Waals surface area contributed by atoms with Crippen molar-refractivity contribution in [3.63, 3.8) is 0 Å². The van der Waals surface area contributed by atoms with Crippen LogP contribution in [0, 0.1) is 5.41 Å². The summed E-state index contributed by atoms with van der Waals surface area (Å²) in [6, 6.07) is 0. The van der Waals surface area contributed by atoms with Crippen molar-refractivity contribution in [1.29, 1.82) is 0 Å². The molecular formula is C10H20N2O. The molecule has 0 aromatic carbocycles. The summed E-state index contributed by atoms with van der Waals surface area (Å²) in [6.07, 6.45) is 5.09. The highest BCUT2D eigenvalue weighted by atomic mass is 16.1. The fraction of sp³-hybridized carbons (Fsp3) is 0.900. The van der Waals surface area contributed by atoms with Crippen LogP contribution in [0.5, 0.6) is 0 Å². The topological polar surface area (TPSA) is 55.1 Å². The Morgan fingerprint density at radius 1 is 1.54 bits per heavy atom. The molecule has 0 saturated heterocycles. The predicted octanol–water partition coefficient (Wildman–Crippen LogP) is 1.03. The van der Waals surface area contributed by atoms with E-state index in [9.17, 15) is 4.79 Å². The van der Waals surface area contributed by atoms with Crippen molar-refractivity contribution in [1.82, 2.24) is 5.32 Å². The van der Waals surface area contributed by atoms with Gasteiger partial charge in [0.1, 0.15) is 0 Å². The molecule has 1 fully saturated rings. The second kappa shape index (κ2) is 4.61. The van der Waals surface area contributed by atoms with Gasteiger partial charge in [0.25, 0.3) is 0 Å². The normalized spacial score (nSPS) is 18.3. The zero-order valence-corrected chi connectivity index (χ0v) is 8.44. The number of unbranched alkanes of at least 4 members (excludes halogenated alkanes) is 1. The smallest absolute Gasteiger partial charge is 0.220 e. The molecule has 3 nitrogen and oxygen atoms in total. The van der Waals surface area contributed by atoms with E-state index in [2.05, 4.69) is 12.2 Å². The van der Waals surface area contributed by atoms with Gasteiger partial charge in [-0.2, -0.15) is 0 Å². The lowest BCUT2D eigenvalue weighted by Crippen LogP contribution is -2.33. The Balaban J connectivity index is 2.08. The molecular weight excluding hydrogens is 164 g/mol.